The van der Waals surface area contributed by atoms with E-state index in [0.717, 1.165) is 11.1 Å². The summed E-state index contributed by atoms with van der Waals surface area (Å²) in [5, 5.41) is 23.4. The van der Waals surface area contributed by atoms with Crippen molar-refractivity contribution in [2.75, 3.05) is 5.43 Å². The summed E-state index contributed by atoms with van der Waals surface area (Å²) >= 11 is 5.98. The topological polar surface area (TPSA) is 68.5 Å². The molecule has 0 heterocycles. The number of hydrogen-bond acceptors (Lipinski definition) is 4. The van der Waals surface area contributed by atoms with Gasteiger partial charge in [-0.15, -0.1) is 0 Å². The first kappa shape index (κ1) is 19.3. The van der Waals surface area contributed by atoms with Crippen LogP contribution in [0.4, 0.5) is 5.69 Å². The first-order valence-corrected chi connectivity index (χ1v) is 8.63. The second-order valence-electron chi connectivity index (χ2n) is 8.31. The molecule has 25 heavy (non-hydrogen) atoms. The summed E-state index contributed by atoms with van der Waals surface area (Å²) in [5.41, 5.74) is 5.81. The lowest BCUT2D eigenvalue weighted by Gasteiger charge is -2.27. The number of benzene rings is 1. The van der Waals surface area contributed by atoms with Crippen LogP contribution >= 0.6 is 11.6 Å². The van der Waals surface area contributed by atoms with Crippen LogP contribution in [0.25, 0.3) is 0 Å². The summed E-state index contributed by atoms with van der Waals surface area (Å²) in [6.07, 6.45) is 4.86. The third kappa shape index (κ3) is 4.51. The molecule has 0 saturated carbocycles. The van der Waals surface area contributed by atoms with E-state index in [4.69, 9.17) is 17.0 Å². The Morgan fingerprint density at radius 2 is 1.68 bits per heavy atom. The van der Waals surface area contributed by atoms with Crippen LogP contribution in [-0.2, 0) is 10.8 Å². The highest BCUT2D eigenvalue weighted by Gasteiger charge is 2.25. The molecule has 1 aromatic carbocycles. The van der Waals surface area contributed by atoms with Gasteiger partial charge in [-0.25, -0.2) is 0 Å². The summed E-state index contributed by atoms with van der Waals surface area (Å²) < 4.78 is 0. The summed E-state index contributed by atoms with van der Waals surface area (Å²) in [6.45, 7) is 12.6. The fourth-order valence-electron chi connectivity index (χ4n) is 2.44. The Hall–Kier alpha value is -2.07. The number of rotatable bonds is 2. The van der Waals surface area contributed by atoms with E-state index in [1.54, 1.807) is 18.2 Å². The van der Waals surface area contributed by atoms with Crippen LogP contribution in [0.3, 0.4) is 0 Å². The number of hydrazone groups is 1. The second kappa shape index (κ2) is 6.68. The Balaban J connectivity index is 2.50. The highest BCUT2D eigenvalue weighted by atomic mass is 35.5. The van der Waals surface area contributed by atoms with Crippen molar-refractivity contribution in [1.29, 1.82) is 5.41 Å². The van der Waals surface area contributed by atoms with Gasteiger partial charge in [0.15, 0.2) is 0 Å². The Labute approximate surface area is 154 Å². The molecule has 0 aromatic heterocycles. The van der Waals surface area contributed by atoms with Crippen LogP contribution in [0, 0.1) is 5.41 Å². The van der Waals surface area contributed by atoms with Crippen LogP contribution < -0.4 is 5.43 Å². The zero-order valence-electron chi connectivity index (χ0n) is 15.7. The number of hydrogen-bond donors (Lipinski definition) is 3. The lowest BCUT2D eigenvalue weighted by atomic mass is 9.80. The molecule has 4 nitrogen and oxygen atoms in total. The van der Waals surface area contributed by atoms with E-state index in [-0.39, 0.29) is 22.3 Å². The maximum atomic E-state index is 10.7. The fraction of sp³-hybridized carbons (Fsp3) is 0.400. The first-order valence-electron chi connectivity index (χ1n) is 8.25. The molecule has 0 spiro atoms. The minimum absolute atomic E-state index is 0.0687. The smallest absolute Gasteiger partial charge is 0.144 e. The molecule has 2 rings (SSSR count). The number of phenolic OH excluding ortho intramolecular Hbond substituents is 1. The predicted molar refractivity (Wildman–Crippen MR) is 107 cm³/mol. The molecule has 0 aliphatic heterocycles. The van der Waals surface area contributed by atoms with Gasteiger partial charge < -0.3 is 5.11 Å². The number of nitrogens with one attached hydrogen (secondary N) is 2. The van der Waals surface area contributed by atoms with Crippen LogP contribution in [0.1, 0.15) is 52.7 Å². The van der Waals surface area contributed by atoms with Gasteiger partial charge in [-0.2, -0.15) is 5.10 Å². The van der Waals surface area contributed by atoms with Gasteiger partial charge >= 0.3 is 0 Å². The molecule has 1 aromatic rings. The molecule has 0 unspecified atom stereocenters. The van der Waals surface area contributed by atoms with E-state index in [9.17, 15) is 5.11 Å². The van der Waals surface area contributed by atoms with Crippen LogP contribution in [0.2, 0.25) is 0 Å². The van der Waals surface area contributed by atoms with E-state index in [1.165, 1.54) is 0 Å². The average Bonchev–Trinajstić information content (AvgIpc) is 2.47. The number of phenols is 1. The molecule has 1 aliphatic rings. The summed E-state index contributed by atoms with van der Waals surface area (Å²) in [5.74, 6) is 0.179. The Bertz CT molecular complexity index is 790. The maximum Gasteiger partial charge on any atom is 0.144 e. The van der Waals surface area contributed by atoms with Crippen LogP contribution in [0.5, 0.6) is 5.75 Å². The molecular formula is C20H26ClN3O. The minimum atomic E-state index is -0.210. The quantitative estimate of drug-likeness (QED) is 0.372. The number of anilines is 1. The first-order chi connectivity index (χ1) is 11.4. The van der Waals surface area contributed by atoms with Gasteiger partial charge in [-0.1, -0.05) is 59.2 Å². The minimum Gasteiger partial charge on any atom is -0.505 e. The third-order valence-corrected chi connectivity index (χ3v) is 4.28. The predicted octanol–water partition coefficient (Wildman–Crippen LogP) is 5.47. The molecule has 5 heteroatoms. The van der Waals surface area contributed by atoms with Gasteiger partial charge in [0.2, 0.25) is 0 Å². The van der Waals surface area contributed by atoms with E-state index >= 15 is 0 Å². The highest BCUT2D eigenvalue weighted by molar-refractivity contribution is 6.52. The van der Waals surface area contributed by atoms with Crippen molar-refractivity contribution in [3.63, 3.8) is 0 Å². The van der Waals surface area contributed by atoms with Crippen molar-refractivity contribution in [3.8, 4) is 5.75 Å². The van der Waals surface area contributed by atoms with Crippen molar-refractivity contribution >= 4 is 28.7 Å². The van der Waals surface area contributed by atoms with Crippen molar-refractivity contribution in [2.24, 2.45) is 5.10 Å². The molecule has 0 radical (unpaired) electrons. The van der Waals surface area contributed by atoms with Gasteiger partial charge in [0.25, 0.3) is 0 Å². The van der Waals surface area contributed by atoms with E-state index in [0.29, 0.717) is 16.4 Å². The lowest BCUT2D eigenvalue weighted by molar-refractivity contribution is 0.446. The van der Waals surface area contributed by atoms with E-state index < -0.39 is 0 Å². The van der Waals surface area contributed by atoms with E-state index in [2.05, 4.69) is 58.1 Å². The summed E-state index contributed by atoms with van der Waals surface area (Å²) in [4.78, 5) is 0. The molecule has 134 valence electrons. The molecule has 0 fully saturated rings. The zero-order valence-corrected chi connectivity index (χ0v) is 16.4. The largest absolute Gasteiger partial charge is 0.505 e. The molecular weight excluding hydrogens is 334 g/mol. The van der Waals surface area contributed by atoms with Crippen molar-refractivity contribution in [2.45, 2.75) is 52.4 Å². The normalized spacial score (nSPS) is 17.0. The Kier molecular flexibility index (Phi) is 5.14. The van der Waals surface area contributed by atoms with Gasteiger partial charge in [0, 0.05) is 10.6 Å². The number of aromatic hydroxyl groups is 1. The SMILES string of the molecule is CC(C)(C)c1cc(N/N=C2/C=C(Cl)C=CC2=N)c(O)c(C(C)(C)C)c1. The molecule has 0 saturated heterocycles. The number of allylic oxidation sites excluding steroid dienone is 4. The molecule has 3 N–H and O–H groups in total. The van der Waals surface area contributed by atoms with Crippen molar-refractivity contribution < 1.29 is 5.11 Å². The maximum absolute atomic E-state index is 10.7. The summed E-state index contributed by atoms with van der Waals surface area (Å²) in [6, 6.07) is 3.96. The zero-order chi connectivity index (χ0) is 19.0. The van der Waals surface area contributed by atoms with Gasteiger partial charge in [-0.3, -0.25) is 10.8 Å². The highest BCUT2D eigenvalue weighted by Crippen LogP contribution is 2.40. The average molecular weight is 360 g/mol. The molecule has 1 aliphatic carbocycles. The van der Waals surface area contributed by atoms with Gasteiger partial charge in [-0.05, 0) is 40.7 Å². The molecule has 0 amide bonds. The third-order valence-electron chi connectivity index (χ3n) is 4.04. The van der Waals surface area contributed by atoms with Gasteiger partial charge in [0.05, 0.1) is 11.4 Å². The number of nitrogens with zero attached hydrogens (tertiary/aromatic N) is 1. The monoisotopic (exact) mass is 359 g/mol. The van der Waals surface area contributed by atoms with Crippen molar-refractivity contribution in [3.05, 3.63) is 46.5 Å². The van der Waals surface area contributed by atoms with Gasteiger partial charge in [0.1, 0.15) is 11.5 Å². The van der Waals surface area contributed by atoms with Crippen LogP contribution in [-0.4, -0.2) is 16.5 Å². The fourth-order valence-corrected chi connectivity index (χ4v) is 2.61. The molecule has 0 bridgehead atoms. The van der Waals surface area contributed by atoms with Crippen molar-refractivity contribution in [1.82, 2.24) is 0 Å². The lowest BCUT2D eigenvalue weighted by Crippen LogP contribution is -2.18. The Morgan fingerprint density at radius 3 is 2.24 bits per heavy atom. The standard InChI is InChI=1S/C20H26ClN3O/c1-19(2,3)12-9-14(20(4,5)6)18(25)17(10-12)24-23-16-11-13(21)7-8-15(16)22/h7-11,22,24-25H,1-6H3/b22-15?,23-16-. The van der Waals surface area contributed by atoms with E-state index in [1.807, 2.05) is 6.07 Å². The van der Waals surface area contributed by atoms with Crippen LogP contribution in [0.15, 0.2) is 40.5 Å². The summed E-state index contributed by atoms with van der Waals surface area (Å²) in [7, 11) is 0. The second-order valence-corrected chi connectivity index (χ2v) is 8.74. The Morgan fingerprint density at radius 1 is 1.04 bits per heavy atom. The molecule has 0 atom stereocenters. The number of halogens is 1.